The topological polar surface area (TPSA) is 85.2 Å². The highest BCUT2D eigenvalue weighted by atomic mass is 16.5. The third-order valence-corrected chi connectivity index (χ3v) is 3.06. The van der Waals surface area contributed by atoms with E-state index in [-0.39, 0.29) is 18.4 Å². The van der Waals surface area contributed by atoms with E-state index in [1.165, 1.54) is 6.92 Å². The molecular formula is C16H20N4O3. The molecular weight excluding hydrogens is 296 g/mol. The maximum Gasteiger partial charge on any atom is 0.258 e. The summed E-state index contributed by atoms with van der Waals surface area (Å²) in [7, 11) is 1.86. The smallest absolute Gasteiger partial charge is 0.258 e. The number of benzene rings is 1. The molecule has 0 aliphatic rings. The fraction of sp³-hybridized carbons (Fsp3) is 0.312. The van der Waals surface area contributed by atoms with Gasteiger partial charge in [0.2, 0.25) is 5.91 Å². The third-order valence-electron chi connectivity index (χ3n) is 3.06. The number of carbonyl (C=O) groups excluding carboxylic acids is 2. The molecule has 0 saturated carbocycles. The molecule has 2 N–H and O–H groups in total. The first kappa shape index (κ1) is 16.5. The fourth-order valence-corrected chi connectivity index (χ4v) is 1.98. The van der Waals surface area contributed by atoms with Gasteiger partial charge in [0.1, 0.15) is 5.75 Å². The molecule has 122 valence electrons. The first-order chi connectivity index (χ1) is 11.0. The lowest BCUT2D eigenvalue weighted by atomic mass is 10.1. The van der Waals surface area contributed by atoms with Crippen molar-refractivity contribution in [1.29, 1.82) is 0 Å². The molecule has 0 aliphatic heterocycles. The number of nitrogens with one attached hydrogen (secondary N) is 2. The molecule has 0 radical (unpaired) electrons. The number of aromatic nitrogens is 2. The summed E-state index contributed by atoms with van der Waals surface area (Å²) in [5.74, 6) is 0.258. The lowest BCUT2D eigenvalue weighted by Gasteiger charge is -2.08. The molecule has 1 heterocycles. The molecule has 0 fully saturated rings. The van der Waals surface area contributed by atoms with Gasteiger partial charge in [-0.15, -0.1) is 0 Å². The average Bonchev–Trinajstić information content (AvgIpc) is 2.96. The molecule has 7 nitrogen and oxygen atoms in total. The minimum atomic E-state index is -0.234. The number of hydrogen-bond acceptors (Lipinski definition) is 4. The lowest BCUT2D eigenvalue weighted by molar-refractivity contribution is -0.123. The van der Waals surface area contributed by atoms with Gasteiger partial charge in [-0.25, -0.2) is 0 Å². The summed E-state index contributed by atoms with van der Waals surface area (Å²) in [5, 5.41) is 9.40. The molecule has 0 bridgehead atoms. The zero-order chi connectivity index (χ0) is 16.7. The van der Waals surface area contributed by atoms with Crippen LogP contribution in [0.25, 0.3) is 11.1 Å². The van der Waals surface area contributed by atoms with E-state index in [1.54, 1.807) is 16.9 Å². The summed E-state index contributed by atoms with van der Waals surface area (Å²) >= 11 is 0. The Balaban J connectivity index is 1.81. The van der Waals surface area contributed by atoms with Crippen LogP contribution in [0.3, 0.4) is 0 Å². The van der Waals surface area contributed by atoms with Crippen LogP contribution in [0.15, 0.2) is 36.7 Å². The van der Waals surface area contributed by atoms with E-state index in [2.05, 4.69) is 15.7 Å². The summed E-state index contributed by atoms with van der Waals surface area (Å²) in [6.07, 6.45) is 3.68. The molecule has 1 aromatic heterocycles. The summed E-state index contributed by atoms with van der Waals surface area (Å²) in [6, 6.07) is 7.48. The van der Waals surface area contributed by atoms with E-state index in [9.17, 15) is 9.59 Å². The lowest BCUT2D eigenvalue weighted by Crippen LogP contribution is -2.36. The van der Waals surface area contributed by atoms with Crippen LogP contribution in [0.2, 0.25) is 0 Å². The number of carbonyl (C=O) groups is 2. The van der Waals surface area contributed by atoms with Crippen LogP contribution in [0.5, 0.6) is 5.75 Å². The molecule has 2 aromatic rings. The van der Waals surface area contributed by atoms with Crippen molar-refractivity contribution in [3.05, 3.63) is 36.7 Å². The van der Waals surface area contributed by atoms with E-state index < -0.39 is 0 Å². The number of nitrogens with zero attached hydrogens (tertiary/aromatic N) is 2. The Kier molecular flexibility index (Phi) is 5.74. The van der Waals surface area contributed by atoms with Crippen molar-refractivity contribution < 1.29 is 14.3 Å². The van der Waals surface area contributed by atoms with E-state index in [4.69, 9.17) is 4.74 Å². The largest absolute Gasteiger partial charge is 0.484 e. The molecule has 2 amide bonds. The molecule has 2 rings (SSSR count). The van der Waals surface area contributed by atoms with Crippen LogP contribution >= 0.6 is 0 Å². The number of aryl methyl sites for hydroxylation is 1. The highest BCUT2D eigenvalue weighted by Gasteiger charge is 2.05. The van der Waals surface area contributed by atoms with Gasteiger partial charge in [0, 0.05) is 38.8 Å². The standard InChI is InChI=1S/C16H20N4O3/c1-12(21)17-6-7-18-16(22)11-23-15-5-3-4-13(8-15)14-9-19-20(2)10-14/h3-5,8-10H,6-7,11H2,1-2H3,(H,17,21)(H,18,22). The van der Waals surface area contributed by atoms with Crippen LogP contribution in [-0.2, 0) is 16.6 Å². The van der Waals surface area contributed by atoms with Gasteiger partial charge < -0.3 is 15.4 Å². The minimum absolute atomic E-state index is 0.0729. The van der Waals surface area contributed by atoms with Crippen LogP contribution in [0.1, 0.15) is 6.92 Å². The molecule has 0 unspecified atom stereocenters. The van der Waals surface area contributed by atoms with E-state index in [0.29, 0.717) is 18.8 Å². The van der Waals surface area contributed by atoms with E-state index >= 15 is 0 Å². The zero-order valence-electron chi connectivity index (χ0n) is 13.2. The van der Waals surface area contributed by atoms with Crippen molar-refractivity contribution in [1.82, 2.24) is 20.4 Å². The van der Waals surface area contributed by atoms with Gasteiger partial charge >= 0.3 is 0 Å². The Morgan fingerprint density at radius 1 is 1.22 bits per heavy atom. The van der Waals surface area contributed by atoms with Gasteiger partial charge in [-0.05, 0) is 17.7 Å². The predicted octanol–water partition coefficient (Wildman–Crippen LogP) is 0.718. The normalized spacial score (nSPS) is 10.2. The van der Waals surface area contributed by atoms with Crippen molar-refractivity contribution in [3.63, 3.8) is 0 Å². The molecule has 23 heavy (non-hydrogen) atoms. The Morgan fingerprint density at radius 2 is 2.00 bits per heavy atom. The number of amides is 2. The maximum absolute atomic E-state index is 11.7. The average molecular weight is 316 g/mol. The summed E-state index contributed by atoms with van der Waals surface area (Å²) in [5.41, 5.74) is 1.96. The second-order valence-electron chi connectivity index (χ2n) is 5.05. The zero-order valence-corrected chi connectivity index (χ0v) is 13.2. The first-order valence-electron chi connectivity index (χ1n) is 7.27. The fourth-order valence-electron chi connectivity index (χ4n) is 1.98. The van der Waals surface area contributed by atoms with Crippen LogP contribution < -0.4 is 15.4 Å². The van der Waals surface area contributed by atoms with Gasteiger partial charge in [0.25, 0.3) is 5.91 Å². The van der Waals surface area contributed by atoms with Gasteiger partial charge in [0.15, 0.2) is 6.61 Å². The number of ether oxygens (including phenoxy) is 1. The molecule has 0 atom stereocenters. The van der Waals surface area contributed by atoms with Crippen LogP contribution in [0, 0.1) is 0 Å². The monoisotopic (exact) mass is 316 g/mol. The maximum atomic E-state index is 11.7. The van der Waals surface area contributed by atoms with Crippen molar-refractivity contribution in [3.8, 4) is 16.9 Å². The summed E-state index contributed by atoms with van der Waals surface area (Å²) in [4.78, 5) is 22.4. The predicted molar refractivity (Wildman–Crippen MR) is 85.8 cm³/mol. The third kappa shape index (κ3) is 5.46. The second kappa shape index (κ2) is 7.98. The summed E-state index contributed by atoms with van der Waals surface area (Å²) in [6.45, 7) is 2.13. The summed E-state index contributed by atoms with van der Waals surface area (Å²) < 4.78 is 7.22. The Labute approximate surface area is 134 Å². The highest BCUT2D eigenvalue weighted by Crippen LogP contribution is 2.23. The second-order valence-corrected chi connectivity index (χ2v) is 5.05. The number of hydrogen-bond donors (Lipinski definition) is 2. The van der Waals surface area contributed by atoms with E-state index in [0.717, 1.165) is 11.1 Å². The van der Waals surface area contributed by atoms with Crippen molar-refractivity contribution >= 4 is 11.8 Å². The SMILES string of the molecule is CC(=O)NCCNC(=O)COc1cccc(-c2cnn(C)c2)c1. The van der Waals surface area contributed by atoms with Gasteiger partial charge in [-0.1, -0.05) is 12.1 Å². The van der Waals surface area contributed by atoms with Crippen molar-refractivity contribution in [2.75, 3.05) is 19.7 Å². The Bertz CT molecular complexity index is 681. The van der Waals surface area contributed by atoms with Gasteiger partial charge in [-0.3, -0.25) is 14.3 Å². The van der Waals surface area contributed by atoms with Crippen LogP contribution in [0.4, 0.5) is 0 Å². The Hall–Kier alpha value is -2.83. The Morgan fingerprint density at radius 3 is 2.70 bits per heavy atom. The molecule has 1 aromatic carbocycles. The van der Waals surface area contributed by atoms with Crippen molar-refractivity contribution in [2.45, 2.75) is 6.92 Å². The van der Waals surface area contributed by atoms with Gasteiger partial charge in [0.05, 0.1) is 6.20 Å². The molecule has 7 heteroatoms. The molecule has 0 saturated heterocycles. The van der Waals surface area contributed by atoms with Crippen molar-refractivity contribution in [2.24, 2.45) is 7.05 Å². The number of rotatable bonds is 7. The first-order valence-corrected chi connectivity index (χ1v) is 7.27. The minimum Gasteiger partial charge on any atom is -0.484 e. The quantitative estimate of drug-likeness (QED) is 0.737. The van der Waals surface area contributed by atoms with Crippen LogP contribution in [-0.4, -0.2) is 41.3 Å². The van der Waals surface area contributed by atoms with Gasteiger partial charge in [-0.2, -0.15) is 5.10 Å². The molecule has 0 spiro atoms. The highest BCUT2D eigenvalue weighted by molar-refractivity contribution is 5.77. The molecule has 0 aliphatic carbocycles. The van der Waals surface area contributed by atoms with E-state index in [1.807, 2.05) is 31.4 Å².